The number of halogens is 1. The van der Waals surface area contributed by atoms with Crippen LogP contribution in [-0.4, -0.2) is 10.1 Å². The van der Waals surface area contributed by atoms with Crippen LogP contribution in [0.4, 0.5) is 4.39 Å². The zero-order valence-electron chi connectivity index (χ0n) is 13.8. The van der Waals surface area contributed by atoms with Gasteiger partial charge in [0, 0.05) is 11.1 Å². The second kappa shape index (κ2) is 7.19. The van der Waals surface area contributed by atoms with Crippen molar-refractivity contribution < 1.29 is 13.7 Å². The summed E-state index contributed by atoms with van der Waals surface area (Å²) in [5, 5.41) is 4.03. The van der Waals surface area contributed by atoms with Crippen LogP contribution in [0.5, 0.6) is 5.75 Å². The van der Waals surface area contributed by atoms with Gasteiger partial charge in [-0.2, -0.15) is 4.98 Å². The topological polar surface area (TPSA) is 48.2 Å². The molecule has 0 spiro atoms. The highest BCUT2D eigenvalue weighted by Gasteiger charge is 2.10. The van der Waals surface area contributed by atoms with Gasteiger partial charge in [0.1, 0.15) is 18.2 Å². The second-order valence-corrected chi connectivity index (χ2v) is 5.73. The lowest BCUT2D eigenvalue weighted by molar-refractivity contribution is 0.306. The Morgan fingerprint density at radius 1 is 0.808 bits per heavy atom. The predicted octanol–water partition coefficient (Wildman–Crippen LogP) is 5.12. The molecule has 1 aromatic heterocycles. The average molecular weight is 346 g/mol. The summed E-state index contributed by atoms with van der Waals surface area (Å²) in [6.45, 7) is 0.394. The summed E-state index contributed by atoms with van der Waals surface area (Å²) in [6, 6.07) is 23.3. The molecule has 0 atom stereocenters. The van der Waals surface area contributed by atoms with Gasteiger partial charge >= 0.3 is 0 Å². The molecule has 1 heterocycles. The number of rotatable bonds is 5. The summed E-state index contributed by atoms with van der Waals surface area (Å²) in [6.07, 6.45) is 0. The Kier molecular flexibility index (Phi) is 4.43. The molecular weight excluding hydrogens is 331 g/mol. The maximum absolute atomic E-state index is 12.9. The van der Waals surface area contributed by atoms with E-state index in [2.05, 4.69) is 10.1 Å². The van der Waals surface area contributed by atoms with Gasteiger partial charge in [0.05, 0.1) is 0 Å². The van der Waals surface area contributed by atoms with Crippen molar-refractivity contribution in [3.05, 3.63) is 90.2 Å². The molecule has 0 saturated heterocycles. The first-order valence-corrected chi connectivity index (χ1v) is 8.15. The molecule has 0 unspecified atom stereocenters. The molecule has 0 aliphatic heterocycles. The van der Waals surface area contributed by atoms with E-state index >= 15 is 0 Å². The summed E-state index contributed by atoms with van der Waals surface area (Å²) < 4.78 is 23.9. The molecule has 0 fully saturated rings. The number of hydrogen-bond acceptors (Lipinski definition) is 4. The highest BCUT2D eigenvalue weighted by atomic mass is 19.1. The SMILES string of the molecule is Fc1ccc(OCc2ccc(-c3nc(-c4ccccc4)no3)cc2)cc1. The van der Waals surface area contributed by atoms with E-state index in [1.54, 1.807) is 12.1 Å². The van der Waals surface area contributed by atoms with Crippen LogP contribution in [0.25, 0.3) is 22.8 Å². The van der Waals surface area contributed by atoms with Crippen molar-refractivity contribution in [2.24, 2.45) is 0 Å². The lowest BCUT2D eigenvalue weighted by atomic mass is 10.1. The van der Waals surface area contributed by atoms with Gasteiger partial charge in [-0.05, 0) is 42.0 Å². The van der Waals surface area contributed by atoms with Gasteiger partial charge in [-0.1, -0.05) is 47.6 Å². The molecule has 0 aliphatic carbocycles. The number of ether oxygens (including phenoxy) is 1. The average Bonchev–Trinajstić information content (AvgIpc) is 3.19. The summed E-state index contributed by atoms with van der Waals surface area (Å²) in [5.74, 6) is 1.37. The van der Waals surface area contributed by atoms with Gasteiger partial charge in [0.25, 0.3) is 5.89 Å². The van der Waals surface area contributed by atoms with Crippen molar-refractivity contribution >= 4 is 0 Å². The Morgan fingerprint density at radius 3 is 2.27 bits per heavy atom. The van der Waals surface area contributed by atoms with Crippen LogP contribution in [-0.2, 0) is 6.61 Å². The second-order valence-electron chi connectivity index (χ2n) is 5.73. The van der Waals surface area contributed by atoms with E-state index in [1.165, 1.54) is 12.1 Å². The molecule has 26 heavy (non-hydrogen) atoms. The standard InChI is InChI=1S/C21H15FN2O2/c22-18-10-12-19(13-11-18)25-14-15-6-8-17(9-7-15)21-23-20(24-26-21)16-4-2-1-3-5-16/h1-13H,14H2. The minimum Gasteiger partial charge on any atom is -0.489 e. The van der Waals surface area contributed by atoms with Crippen LogP contribution < -0.4 is 4.74 Å². The fourth-order valence-electron chi connectivity index (χ4n) is 2.49. The number of benzene rings is 3. The van der Waals surface area contributed by atoms with Crippen molar-refractivity contribution in [2.75, 3.05) is 0 Å². The summed E-state index contributed by atoms with van der Waals surface area (Å²) in [4.78, 5) is 4.44. The van der Waals surface area contributed by atoms with Crippen molar-refractivity contribution in [3.63, 3.8) is 0 Å². The van der Waals surface area contributed by atoms with Crippen LogP contribution in [0.3, 0.4) is 0 Å². The number of aromatic nitrogens is 2. The first-order chi connectivity index (χ1) is 12.8. The Hall–Kier alpha value is -3.47. The van der Waals surface area contributed by atoms with E-state index in [0.717, 1.165) is 16.7 Å². The van der Waals surface area contributed by atoms with Crippen LogP contribution >= 0.6 is 0 Å². The van der Waals surface area contributed by atoms with Crippen LogP contribution in [0, 0.1) is 5.82 Å². The minimum atomic E-state index is -0.281. The maximum Gasteiger partial charge on any atom is 0.258 e. The molecule has 4 nitrogen and oxygen atoms in total. The normalized spacial score (nSPS) is 10.7. The molecule has 0 saturated carbocycles. The van der Waals surface area contributed by atoms with Gasteiger partial charge in [-0.15, -0.1) is 0 Å². The molecule has 0 amide bonds. The first-order valence-electron chi connectivity index (χ1n) is 8.15. The van der Waals surface area contributed by atoms with Crippen LogP contribution in [0.1, 0.15) is 5.56 Å². The van der Waals surface area contributed by atoms with Gasteiger partial charge < -0.3 is 9.26 Å². The molecular formula is C21H15FN2O2. The molecule has 0 bridgehead atoms. The van der Waals surface area contributed by atoms with E-state index in [4.69, 9.17) is 9.26 Å². The zero-order chi connectivity index (χ0) is 17.8. The monoisotopic (exact) mass is 346 g/mol. The summed E-state index contributed by atoms with van der Waals surface area (Å²) in [7, 11) is 0. The molecule has 4 aromatic rings. The quantitative estimate of drug-likeness (QED) is 0.503. The van der Waals surface area contributed by atoms with Crippen molar-refractivity contribution in [1.82, 2.24) is 10.1 Å². The predicted molar refractivity (Wildman–Crippen MR) is 95.9 cm³/mol. The third-order valence-electron chi connectivity index (χ3n) is 3.88. The van der Waals surface area contributed by atoms with Crippen LogP contribution in [0.15, 0.2) is 83.4 Å². The van der Waals surface area contributed by atoms with Gasteiger partial charge in [0.15, 0.2) is 0 Å². The minimum absolute atomic E-state index is 0.281. The van der Waals surface area contributed by atoms with E-state index < -0.39 is 0 Å². The molecule has 0 aliphatic rings. The Bertz CT molecular complexity index is 981. The van der Waals surface area contributed by atoms with Crippen LogP contribution in [0.2, 0.25) is 0 Å². The van der Waals surface area contributed by atoms with Gasteiger partial charge in [-0.25, -0.2) is 4.39 Å². The maximum atomic E-state index is 12.9. The third-order valence-corrected chi connectivity index (χ3v) is 3.88. The fraction of sp³-hybridized carbons (Fsp3) is 0.0476. The summed E-state index contributed by atoms with van der Waals surface area (Å²) >= 11 is 0. The Labute approximate surface area is 149 Å². The number of nitrogens with zero attached hydrogens (tertiary/aromatic N) is 2. The molecule has 0 radical (unpaired) electrons. The molecule has 0 N–H and O–H groups in total. The molecule has 128 valence electrons. The fourth-order valence-corrected chi connectivity index (χ4v) is 2.49. The van der Waals surface area contributed by atoms with Crippen molar-refractivity contribution in [3.8, 4) is 28.6 Å². The third kappa shape index (κ3) is 3.62. The lowest BCUT2D eigenvalue weighted by Crippen LogP contribution is -1.95. The van der Waals surface area contributed by atoms with Crippen molar-refractivity contribution in [1.29, 1.82) is 0 Å². The highest BCUT2D eigenvalue weighted by Crippen LogP contribution is 2.22. The smallest absolute Gasteiger partial charge is 0.258 e. The Balaban J connectivity index is 1.44. The lowest BCUT2D eigenvalue weighted by Gasteiger charge is -2.06. The van der Waals surface area contributed by atoms with E-state index in [9.17, 15) is 4.39 Å². The Morgan fingerprint density at radius 2 is 1.54 bits per heavy atom. The van der Waals surface area contributed by atoms with Crippen molar-refractivity contribution in [2.45, 2.75) is 6.61 Å². The molecule has 3 aromatic carbocycles. The highest BCUT2D eigenvalue weighted by molar-refractivity contribution is 5.59. The van der Waals surface area contributed by atoms with Gasteiger partial charge in [0.2, 0.25) is 5.82 Å². The largest absolute Gasteiger partial charge is 0.489 e. The molecule has 4 rings (SSSR count). The summed E-state index contributed by atoms with van der Waals surface area (Å²) in [5.41, 5.74) is 2.73. The number of hydrogen-bond donors (Lipinski definition) is 0. The molecule has 5 heteroatoms. The zero-order valence-corrected chi connectivity index (χ0v) is 13.8. The van der Waals surface area contributed by atoms with Gasteiger partial charge in [-0.3, -0.25) is 0 Å². The van der Waals surface area contributed by atoms with E-state index in [1.807, 2.05) is 54.6 Å². The first kappa shape index (κ1) is 16.0. The van der Waals surface area contributed by atoms with E-state index in [0.29, 0.717) is 24.1 Å². The van der Waals surface area contributed by atoms with E-state index in [-0.39, 0.29) is 5.82 Å².